The third kappa shape index (κ3) is 3.38. The molecule has 0 aromatic heterocycles. The number of hydrogen-bond donors (Lipinski definition) is 2. The van der Waals surface area contributed by atoms with Gasteiger partial charge in [-0.1, -0.05) is 24.6 Å². The predicted octanol–water partition coefficient (Wildman–Crippen LogP) is 2.00. The Kier molecular flexibility index (Phi) is 4.76. The number of fused-ring (bicyclic) bond motifs is 1. The average molecular weight is 331 g/mol. The molecule has 130 valence electrons. The van der Waals surface area contributed by atoms with Crippen LogP contribution in [0, 0.1) is 6.92 Å². The minimum absolute atomic E-state index is 0.0395. The fourth-order valence-electron chi connectivity index (χ4n) is 3.67. The number of amides is 2. The van der Waals surface area contributed by atoms with Crippen LogP contribution in [-0.2, 0) is 11.2 Å². The summed E-state index contributed by atoms with van der Waals surface area (Å²) < 4.78 is 0. The molecule has 1 aromatic rings. The van der Waals surface area contributed by atoms with Crippen LogP contribution in [0.15, 0.2) is 18.2 Å². The Hall–Kier alpha value is -2.08. The molecule has 0 spiro atoms. The van der Waals surface area contributed by atoms with Crippen LogP contribution in [0.3, 0.4) is 0 Å². The van der Waals surface area contributed by atoms with Crippen LogP contribution in [-0.4, -0.2) is 53.7 Å². The van der Waals surface area contributed by atoms with E-state index in [1.165, 1.54) is 11.1 Å². The number of hydrogen-bond acceptors (Lipinski definition) is 3. The van der Waals surface area contributed by atoms with E-state index in [0.717, 1.165) is 38.0 Å². The second-order valence-electron chi connectivity index (χ2n) is 6.76. The van der Waals surface area contributed by atoms with E-state index in [-0.39, 0.29) is 24.7 Å². The number of aliphatic carboxylic acids is 1. The van der Waals surface area contributed by atoms with Crippen LogP contribution >= 0.6 is 0 Å². The SMILES string of the molecule is CCN(CC(=O)O)C1CC(NC(=O)N2CCc3cc(C)ccc32)C1. The molecular weight excluding hydrogens is 306 g/mol. The smallest absolute Gasteiger partial charge is 0.322 e. The summed E-state index contributed by atoms with van der Waals surface area (Å²) in [5.74, 6) is -0.798. The number of aryl methyl sites for hydroxylation is 1. The van der Waals surface area contributed by atoms with Gasteiger partial charge in [-0.3, -0.25) is 14.6 Å². The summed E-state index contributed by atoms with van der Waals surface area (Å²) in [4.78, 5) is 27.2. The Balaban J connectivity index is 1.52. The zero-order valence-electron chi connectivity index (χ0n) is 14.3. The topological polar surface area (TPSA) is 72.9 Å². The van der Waals surface area contributed by atoms with Crippen molar-refractivity contribution in [1.29, 1.82) is 0 Å². The summed E-state index contributed by atoms with van der Waals surface area (Å²) >= 11 is 0. The normalized spacial score (nSPS) is 22.2. The number of carboxylic acid groups (broad SMARTS) is 1. The molecule has 1 heterocycles. The number of anilines is 1. The molecule has 24 heavy (non-hydrogen) atoms. The lowest BCUT2D eigenvalue weighted by molar-refractivity contribution is -0.139. The van der Waals surface area contributed by atoms with Gasteiger partial charge in [0.1, 0.15) is 0 Å². The molecule has 3 rings (SSSR count). The number of nitrogens with one attached hydrogen (secondary N) is 1. The predicted molar refractivity (Wildman–Crippen MR) is 92.5 cm³/mol. The third-order valence-corrected chi connectivity index (χ3v) is 5.08. The van der Waals surface area contributed by atoms with Crippen molar-refractivity contribution in [2.45, 2.75) is 45.2 Å². The summed E-state index contributed by atoms with van der Waals surface area (Å²) in [6.45, 7) is 5.55. The first kappa shape index (κ1) is 16.8. The van der Waals surface area contributed by atoms with E-state index in [1.807, 2.05) is 28.9 Å². The molecular formula is C18H25N3O3. The number of benzene rings is 1. The highest BCUT2D eigenvalue weighted by molar-refractivity contribution is 5.94. The van der Waals surface area contributed by atoms with Gasteiger partial charge in [-0.15, -0.1) is 0 Å². The minimum Gasteiger partial charge on any atom is -0.480 e. The maximum absolute atomic E-state index is 12.5. The highest BCUT2D eigenvalue weighted by atomic mass is 16.4. The molecule has 2 aliphatic rings. The number of likely N-dealkylation sites (N-methyl/N-ethyl adjacent to an activating group) is 1. The van der Waals surface area contributed by atoms with E-state index < -0.39 is 5.97 Å². The number of carbonyl (C=O) groups is 2. The number of nitrogens with zero attached hydrogens (tertiary/aromatic N) is 2. The zero-order valence-corrected chi connectivity index (χ0v) is 14.3. The van der Waals surface area contributed by atoms with Crippen molar-refractivity contribution in [1.82, 2.24) is 10.2 Å². The van der Waals surface area contributed by atoms with Crippen LogP contribution in [0.1, 0.15) is 30.9 Å². The van der Waals surface area contributed by atoms with Crippen molar-refractivity contribution in [3.8, 4) is 0 Å². The van der Waals surface area contributed by atoms with Gasteiger partial charge < -0.3 is 10.4 Å². The van der Waals surface area contributed by atoms with Crippen molar-refractivity contribution in [3.05, 3.63) is 29.3 Å². The van der Waals surface area contributed by atoms with Crippen LogP contribution < -0.4 is 10.2 Å². The second kappa shape index (κ2) is 6.81. The van der Waals surface area contributed by atoms with Crippen molar-refractivity contribution in [3.63, 3.8) is 0 Å². The standard InChI is InChI=1S/C18H25N3O3/c1-3-20(11-17(22)23)15-9-14(10-15)19-18(24)21-7-6-13-8-12(2)4-5-16(13)21/h4-5,8,14-15H,3,6-7,9-11H2,1-2H3,(H,19,24)(H,22,23). The molecule has 1 aliphatic carbocycles. The molecule has 2 N–H and O–H groups in total. The van der Waals surface area contributed by atoms with Crippen molar-refractivity contribution >= 4 is 17.7 Å². The summed E-state index contributed by atoms with van der Waals surface area (Å²) in [5.41, 5.74) is 3.46. The maximum atomic E-state index is 12.5. The van der Waals surface area contributed by atoms with Crippen LogP contribution in [0.5, 0.6) is 0 Å². The van der Waals surface area contributed by atoms with E-state index >= 15 is 0 Å². The van der Waals surface area contributed by atoms with E-state index in [2.05, 4.69) is 18.3 Å². The van der Waals surface area contributed by atoms with Gasteiger partial charge in [0.15, 0.2) is 0 Å². The summed E-state index contributed by atoms with van der Waals surface area (Å²) in [6, 6.07) is 6.56. The largest absolute Gasteiger partial charge is 0.480 e. The van der Waals surface area contributed by atoms with Gasteiger partial charge in [0.2, 0.25) is 0 Å². The minimum atomic E-state index is -0.798. The number of urea groups is 1. The Morgan fingerprint density at radius 3 is 2.79 bits per heavy atom. The van der Waals surface area contributed by atoms with Crippen LogP contribution in [0.2, 0.25) is 0 Å². The highest BCUT2D eigenvalue weighted by Crippen LogP contribution is 2.30. The fourth-order valence-corrected chi connectivity index (χ4v) is 3.67. The van der Waals surface area contributed by atoms with Gasteiger partial charge in [-0.2, -0.15) is 0 Å². The fraction of sp³-hybridized carbons (Fsp3) is 0.556. The Morgan fingerprint density at radius 1 is 1.38 bits per heavy atom. The van der Waals surface area contributed by atoms with Gasteiger partial charge in [0.05, 0.1) is 6.54 Å². The molecule has 0 saturated heterocycles. The lowest BCUT2D eigenvalue weighted by atomic mass is 9.85. The zero-order chi connectivity index (χ0) is 17.3. The molecule has 1 aromatic carbocycles. The first-order valence-corrected chi connectivity index (χ1v) is 8.61. The molecule has 0 bridgehead atoms. The summed E-state index contributed by atoms with van der Waals surface area (Å²) in [6.07, 6.45) is 2.54. The quantitative estimate of drug-likeness (QED) is 0.866. The molecule has 0 atom stereocenters. The van der Waals surface area contributed by atoms with Gasteiger partial charge in [-0.05, 0) is 44.4 Å². The second-order valence-corrected chi connectivity index (χ2v) is 6.76. The van der Waals surface area contributed by atoms with Gasteiger partial charge in [-0.25, -0.2) is 4.79 Å². The Labute approximate surface area is 142 Å². The van der Waals surface area contributed by atoms with Crippen molar-refractivity contribution in [2.75, 3.05) is 24.5 Å². The van der Waals surface area contributed by atoms with Gasteiger partial charge in [0.25, 0.3) is 0 Å². The first-order chi connectivity index (χ1) is 11.5. The average Bonchev–Trinajstić information content (AvgIpc) is 2.91. The van der Waals surface area contributed by atoms with Gasteiger partial charge in [0, 0.05) is 24.3 Å². The lowest BCUT2D eigenvalue weighted by Crippen LogP contribution is -2.56. The third-order valence-electron chi connectivity index (χ3n) is 5.08. The molecule has 1 fully saturated rings. The molecule has 0 unspecified atom stereocenters. The molecule has 6 heteroatoms. The summed E-state index contributed by atoms with van der Waals surface area (Å²) in [7, 11) is 0. The Morgan fingerprint density at radius 2 is 2.12 bits per heavy atom. The molecule has 1 aliphatic heterocycles. The molecule has 2 amide bonds. The van der Waals surface area contributed by atoms with E-state index in [0.29, 0.717) is 0 Å². The van der Waals surface area contributed by atoms with E-state index in [1.54, 1.807) is 0 Å². The molecule has 6 nitrogen and oxygen atoms in total. The van der Waals surface area contributed by atoms with Crippen molar-refractivity contribution in [2.24, 2.45) is 0 Å². The monoisotopic (exact) mass is 331 g/mol. The lowest BCUT2D eigenvalue weighted by Gasteiger charge is -2.42. The number of rotatable bonds is 5. The summed E-state index contributed by atoms with van der Waals surface area (Å²) in [5, 5.41) is 12.0. The molecule has 1 saturated carbocycles. The van der Waals surface area contributed by atoms with Crippen LogP contribution in [0.4, 0.5) is 10.5 Å². The first-order valence-electron chi connectivity index (χ1n) is 8.61. The van der Waals surface area contributed by atoms with Crippen molar-refractivity contribution < 1.29 is 14.7 Å². The Bertz CT molecular complexity index is 640. The highest BCUT2D eigenvalue weighted by Gasteiger charge is 2.36. The van der Waals surface area contributed by atoms with E-state index in [4.69, 9.17) is 5.11 Å². The maximum Gasteiger partial charge on any atom is 0.322 e. The number of carbonyl (C=O) groups excluding carboxylic acids is 1. The van der Waals surface area contributed by atoms with Crippen LogP contribution in [0.25, 0.3) is 0 Å². The molecule has 0 radical (unpaired) electrons. The van der Waals surface area contributed by atoms with E-state index in [9.17, 15) is 9.59 Å². The number of carboxylic acids is 1. The van der Waals surface area contributed by atoms with Gasteiger partial charge >= 0.3 is 12.0 Å².